The molecule has 2 rings (SSSR count). The molecule has 20 heavy (non-hydrogen) atoms. The largest absolute Gasteiger partial charge is 0.507 e. The number of ether oxygens (including phenoxy) is 1. The highest BCUT2D eigenvalue weighted by Gasteiger charge is 2.12. The van der Waals surface area contributed by atoms with Crippen LogP contribution in [0.4, 0.5) is 0 Å². The zero-order valence-corrected chi connectivity index (χ0v) is 11.7. The van der Waals surface area contributed by atoms with E-state index in [1.165, 1.54) is 6.07 Å². The molecule has 0 saturated heterocycles. The minimum absolute atomic E-state index is 0.0358. The molecule has 0 aliphatic heterocycles. The van der Waals surface area contributed by atoms with Crippen LogP contribution in [0.5, 0.6) is 11.5 Å². The average molecular weight is 270 g/mol. The fourth-order valence-corrected chi connectivity index (χ4v) is 2.20. The van der Waals surface area contributed by atoms with Crippen LogP contribution in [0.1, 0.15) is 27.9 Å². The van der Waals surface area contributed by atoms with Gasteiger partial charge in [0.2, 0.25) is 0 Å². The molecule has 0 aromatic heterocycles. The second-order valence-corrected chi connectivity index (χ2v) is 4.76. The zero-order valence-electron chi connectivity index (χ0n) is 11.7. The van der Waals surface area contributed by atoms with Crippen LogP contribution in [-0.4, -0.2) is 18.0 Å². The Morgan fingerprint density at radius 2 is 1.95 bits per heavy atom. The molecule has 0 aliphatic carbocycles. The van der Waals surface area contributed by atoms with Crippen molar-refractivity contribution in [2.75, 3.05) is 7.11 Å². The third kappa shape index (κ3) is 3.18. The Morgan fingerprint density at radius 1 is 1.20 bits per heavy atom. The van der Waals surface area contributed by atoms with E-state index in [1.54, 1.807) is 25.3 Å². The molecule has 0 radical (unpaired) electrons. The lowest BCUT2D eigenvalue weighted by Crippen LogP contribution is -2.03. The van der Waals surface area contributed by atoms with Crippen LogP contribution in [-0.2, 0) is 6.42 Å². The van der Waals surface area contributed by atoms with Crippen LogP contribution in [0.15, 0.2) is 42.5 Å². The predicted octanol–water partition coefficient (Wildman–Crippen LogP) is 3.52. The molecule has 2 aromatic rings. The van der Waals surface area contributed by atoms with Crippen LogP contribution < -0.4 is 4.74 Å². The van der Waals surface area contributed by atoms with E-state index in [-0.39, 0.29) is 11.5 Å². The number of phenols is 1. The number of phenolic OH excluding ortho intramolecular Hbond substituents is 1. The SMILES string of the molecule is COc1ccc(C)cc1CCC(=O)c1ccccc1O. The summed E-state index contributed by atoms with van der Waals surface area (Å²) in [7, 11) is 1.62. The third-order valence-electron chi connectivity index (χ3n) is 3.26. The van der Waals surface area contributed by atoms with E-state index in [1.807, 2.05) is 25.1 Å². The molecule has 2 aromatic carbocycles. The minimum atomic E-state index is -0.0633. The number of ketones is 1. The highest BCUT2D eigenvalue weighted by Crippen LogP contribution is 2.23. The maximum atomic E-state index is 12.1. The molecule has 3 nitrogen and oxygen atoms in total. The van der Waals surface area contributed by atoms with Crippen LogP contribution in [0, 0.1) is 6.92 Å². The van der Waals surface area contributed by atoms with Gasteiger partial charge in [0, 0.05) is 6.42 Å². The molecule has 3 heteroatoms. The molecule has 0 aliphatic rings. The lowest BCUT2D eigenvalue weighted by Gasteiger charge is -2.09. The number of hydrogen-bond donors (Lipinski definition) is 1. The van der Waals surface area contributed by atoms with Crippen LogP contribution >= 0.6 is 0 Å². The number of benzene rings is 2. The number of Topliss-reactive ketones (excluding diaryl/α,β-unsaturated/α-hetero) is 1. The third-order valence-corrected chi connectivity index (χ3v) is 3.26. The molecule has 0 amide bonds. The van der Waals surface area contributed by atoms with Crippen molar-refractivity contribution < 1.29 is 14.6 Å². The molecule has 104 valence electrons. The minimum Gasteiger partial charge on any atom is -0.507 e. The summed E-state index contributed by atoms with van der Waals surface area (Å²) in [6, 6.07) is 12.5. The first kappa shape index (κ1) is 14.1. The number of methoxy groups -OCH3 is 1. The van der Waals surface area contributed by atoms with E-state index in [2.05, 4.69) is 0 Å². The van der Waals surface area contributed by atoms with Crippen LogP contribution in [0.2, 0.25) is 0 Å². The molecule has 0 fully saturated rings. The van der Waals surface area contributed by atoms with Crippen molar-refractivity contribution in [3.05, 3.63) is 59.2 Å². The number of hydrogen-bond acceptors (Lipinski definition) is 3. The van der Waals surface area contributed by atoms with E-state index in [0.29, 0.717) is 18.4 Å². The lowest BCUT2D eigenvalue weighted by atomic mass is 10.0. The molecule has 0 unspecified atom stereocenters. The van der Waals surface area contributed by atoms with Gasteiger partial charge in [-0.15, -0.1) is 0 Å². The Kier molecular flexibility index (Phi) is 4.41. The van der Waals surface area contributed by atoms with Gasteiger partial charge >= 0.3 is 0 Å². The number of para-hydroxylation sites is 1. The van der Waals surface area contributed by atoms with E-state index < -0.39 is 0 Å². The Balaban J connectivity index is 2.11. The van der Waals surface area contributed by atoms with Gasteiger partial charge in [-0.2, -0.15) is 0 Å². The van der Waals surface area contributed by atoms with E-state index in [9.17, 15) is 9.90 Å². The lowest BCUT2D eigenvalue weighted by molar-refractivity contribution is 0.0980. The molecule has 1 N–H and O–H groups in total. The standard InChI is InChI=1S/C17H18O3/c1-12-7-10-17(20-2)13(11-12)8-9-16(19)14-5-3-4-6-15(14)18/h3-7,10-11,18H,8-9H2,1-2H3. The summed E-state index contributed by atoms with van der Waals surface area (Å²) < 4.78 is 5.30. The average Bonchev–Trinajstić information content (AvgIpc) is 2.45. The normalized spacial score (nSPS) is 10.3. The molecule has 0 heterocycles. The summed E-state index contributed by atoms with van der Waals surface area (Å²) in [5.41, 5.74) is 2.52. The second-order valence-electron chi connectivity index (χ2n) is 4.76. The van der Waals surface area contributed by atoms with Gasteiger partial charge in [-0.05, 0) is 37.1 Å². The smallest absolute Gasteiger partial charge is 0.166 e. The van der Waals surface area contributed by atoms with Crippen molar-refractivity contribution in [1.82, 2.24) is 0 Å². The van der Waals surface area contributed by atoms with Gasteiger partial charge in [-0.1, -0.05) is 29.8 Å². The summed E-state index contributed by atoms with van der Waals surface area (Å²) in [6.07, 6.45) is 0.940. The summed E-state index contributed by atoms with van der Waals surface area (Å²) in [4.78, 5) is 12.1. The Morgan fingerprint density at radius 3 is 2.65 bits per heavy atom. The van der Waals surface area contributed by atoms with E-state index >= 15 is 0 Å². The van der Waals surface area contributed by atoms with Crippen molar-refractivity contribution in [2.45, 2.75) is 19.8 Å². The summed E-state index contributed by atoms with van der Waals surface area (Å²) in [6.45, 7) is 2.01. The molecule has 0 saturated carbocycles. The quantitative estimate of drug-likeness (QED) is 0.845. The van der Waals surface area contributed by atoms with Gasteiger partial charge in [-0.25, -0.2) is 0 Å². The number of aromatic hydroxyl groups is 1. The first-order valence-electron chi connectivity index (χ1n) is 6.56. The molecular formula is C17H18O3. The van der Waals surface area contributed by atoms with Crippen LogP contribution in [0.3, 0.4) is 0 Å². The van der Waals surface area contributed by atoms with Gasteiger partial charge < -0.3 is 9.84 Å². The van der Waals surface area contributed by atoms with Crippen molar-refractivity contribution in [3.8, 4) is 11.5 Å². The van der Waals surface area contributed by atoms with Crippen molar-refractivity contribution in [1.29, 1.82) is 0 Å². The zero-order chi connectivity index (χ0) is 14.5. The number of carbonyl (C=O) groups is 1. The van der Waals surface area contributed by atoms with E-state index in [4.69, 9.17) is 4.74 Å². The molecular weight excluding hydrogens is 252 g/mol. The monoisotopic (exact) mass is 270 g/mol. The highest BCUT2D eigenvalue weighted by molar-refractivity contribution is 5.98. The Hall–Kier alpha value is -2.29. The Bertz CT molecular complexity index is 617. The molecule has 0 spiro atoms. The topological polar surface area (TPSA) is 46.5 Å². The number of rotatable bonds is 5. The molecule has 0 atom stereocenters. The fourth-order valence-electron chi connectivity index (χ4n) is 2.20. The Labute approximate surface area is 118 Å². The summed E-state index contributed by atoms with van der Waals surface area (Å²) in [5.74, 6) is 0.765. The first-order valence-corrected chi connectivity index (χ1v) is 6.56. The molecule has 0 bridgehead atoms. The van der Waals surface area contributed by atoms with Gasteiger partial charge in [0.25, 0.3) is 0 Å². The van der Waals surface area contributed by atoms with Crippen molar-refractivity contribution in [3.63, 3.8) is 0 Å². The predicted molar refractivity (Wildman–Crippen MR) is 78.5 cm³/mol. The maximum Gasteiger partial charge on any atom is 0.166 e. The number of carbonyl (C=O) groups excluding carboxylic acids is 1. The number of aryl methyl sites for hydroxylation is 2. The van der Waals surface area contributed by atoms with Gasteiger partial charge in [-0.3, -0.25) is 4.79 Å². The highest BCUT2D eigenvalue weighted by atomic mass is 16.5. The first-order chi connectivity index (χ1) is 9.61. The van der Waals surface area contributed by atoms with Gasteiger partial charge in [0.1, 0.15) is 11.5 Å². The maximum absolute atomic E-state index is 12.1. The van der Waals surface area contributed by atoms with Crippen molar-refractivity contribution in [2.24, 2.45) is 0 Å². The van der Waals surface area contributed by atoms with Crippen LogP contribution in [0.25, 0.3) is 0 Å². The summed E-state index contributed by atoms with van der Waals surface area (Å²) in [5, 5.41) is 9.68. The second kappa shape index (κ2) is 6.24. The van der Waals surface area contributed by atoms with Crippen molar-refractivity contribution >= 4 is 5.78 Å². The van der Waals surface area contributed by atoms with Gasteiger partial charge in [0.05, 0.1) is 12.7 Å². The van der Waals surface area contributed by atoms with Gasteiger partial charge in [0.15, 0.2) is 5.78 Å². The fraction of sp³-hybridized carbons (Fsp3) is 0.235. The summed E-state index contributed by atoms with van der Waals surface area (Å²) >= 11 is 0. The van der Waals surface area contributed by atoms with E-state index in [0.717, 1.165) is 16.9 Å².